The zero-order valence-corrected chi connectivity index (χ0v) is 13.6. The first-order valence-corrected chi connectivity index (χ1v) is 8.70. The Labute approximate surface area is 127 Å². The van der Waals surface area contributed by atoms with Gasteiger partial charge in [-0.1, -0.05) is 12.8 Å². The van der Waals surface area contributed by atoms with Gasteiger partial charge in [-0.3, -0.25) is 4.79 Å². The fraction of sp³-hybridized carbons (Fsp3) is 0.462. The van der Waals surface area contributed by atoms with Gasteiger partial charge in [0, 0.05) is 10.0 Å². The number of carbonyl (C=O) groups excluding carboxylic acids is 1. The quantitative estimate of drug-likeness (QED) is 0.865. The largest absolute Gasteiger partial charge is 0.347 e. The number of carbonyl (C=O) groups is 1. The molecule has 110 valence electrons. The van der Waals surface area contributed by atoms with Crippen molar-refractivity contribution in [3.8, 4) is 0 Å². The van der Waals surface area contributed by atoms with Crippen LogP contribution >= 0.6 is 15.9 Å². The molecular formula is C13H17BrN2O3S. The fourth-order valence-corrected chi connectivity index (χ4v) is 3.44. The van der Waals surface area contributed by atoms with Crippen LogP contribution in [0, 0.1) is 0 Å². The van der Waals surface area contributed by atoms with E-state index < -0.39 is 10.0 Å². The van der Waals surface area contributed by atoms with Gasteiger partial charge in [-0.05, 0) is 53.9 Å². The standard InChI is InChI=1S/C13H17BrN2O3S/c1-13(6-2-3-7-13)16-12(17)10-8-9(20(15,18)19)4-5-11(10)14/h4-5,8H,2-3,6-7H2,1H3,(H,16,17)(H2,15,18,19). The summed E-state index contributed by atoms with van der Waals surface area (Å²) >= 11 is 3.27. The number of benzene rings is 1. The number of hydrogen-bond donors (Lipinski definition) is 2. The van der Waals surface area contributed by atoms with Crippen molar-refractivity contribution in [1.82, 2.24) is 5.32 Å². The van der Waals surface area contributed by atoms with Crippen molar-refractivity contribution >= 4 is 31.9 Å². The third-order valence-corrected chi connectivity index (χ3v) is 5.24. The van der Waals surface area contributed by atoms with Gasteiger partial charge >= 0.3 is 0 Å². The molecule has 0 saturated heterocycles. The predicted octanol–water partition coefficient (Wildman–Crippen LogP) is 2.16. The van der Waals surface area contributed by atoms with E-state index in [1.54, 1.807) is 0 Å². The molecule has 1 aromatic rings. The zero-order valence-electron chi connectivity index (χ0n) is 11.1. The number of amides is 1. The lowest BCUT2D eigenvalue weighted by Gasteiger charge is -2.25. The van der Waals surface area contributed by atoms with Crippen LogP contribution in [0.5, 0.6) is 0 Å². The van der Waals surface area contributed by atoms with Gasteiger partial charge in [0.05, 0.1) is 10.5 Å². The van der Waals surface area contributed by atoms with Gasteiger partial charge in [0.15, 0.2) is 0 Å². The van der Waals surface area contributed by atoms with Gasteiger partial charge in [-0.2, -0.15) is 0 Å². The fourth-order valence-electron chi connectivity index (χ4n) is 2.48. The molecule has 1 aromatic carbocycles. The van der Waals surface area contributed by atoms with Crippen LogP contribution in [0.15, 0.2) is 27.6 Å². The van der Waals surface area contributed by atoms with Crippen molar-refractivity contribution in [2.45, 2.75) is 43.0 Å². The molecule has 3 N–H and O–H groups in total. The highest BCUT2D eigenvalue weighted by Crippen LogP contribution is 2.30. The molecule has 1 aliphatic carbocycles. The maximum absolute atomic E-state index is 12.3. The molecule has 0 unspecified atom stereocenters. The summed E-state index contributed by atoms with van der Waals surface area (Å²) in [5.74, 6) is -0.285. The SMILES string of the molecule is CC1(NC(=O)c2cc(S(N)(=O)=O)ccc2Br)CCCC1. The molecule has 0 heterocycles. The van der Waals surface area contributed by atoms with Crippen molar-refractivity contribution in [3.63, 3.8) is 0 Å². The average molecular weight is 361 g/mol. The Balaban J connectivity index is 2.30. The summed E-state index contributed by atoms with van der Waals surface area (Å²) in [4.78, 5) is 12.3. The molecule has 1 fully saturated rings. The van der Waals surface area contributed by atoms with Crippen molar-refractivity contribution < 1.29 is 13.2 Å². The molecule has 0 spiro atoms. The van der Waals surface area contributed by atoms with Crippen LogP contribution in [-0.2, 0) is 10.0 Å². The van der Waals surface area contributed by atoms with E-state index in [2.05, 4.69) is 21.2 Å². The van der Waals surface area contributed by atoms with Crippen LogP contribution in [0.1, 0.15) is 43.0 Å². The summed E-state index contributed by atoms with van der Waals surface area (Å²) in [5.41, 5.74) is 0.0679. The summed E-state index contributed by atoms with van der Waals surface area (Å²) in [6.45, 7) is 2.01. The van der Waals surface area contributed by atoms with Gasteiger partial charge in [0.1, 0.15) is 0 Å². The third kappa shape index (κ3) is 3.39. The second-order valence-corrected chi connectivity index (χ2v) is 7.82. The first-order chi connectivity index (χ1) is 9.21. The number of nitrogens with one attached hydrogen (secondary N) is 1. The van der Waals surface area contributed by atoms with Crippen LogP contribution in [-0.4, -0.2) is 19.9 Å². The minimum atomic E-state index is -3.82. The Morgan fingerprint density at radius 3 is 2.50 bits per heavy atom. The first kappa shape index (κ1) is 15.5. The van der Waals surface area contributed by atoms with Gasteiger partial charge in [0.2, 0.25) is 10.0 Å². The molecule has 0 bridgehead atoms. The van der Waals surface area contributed by atoms with Crippen LogP contribution in [0.4, 0.5) is 0 Å². The molecule has 20 heavy (non-hydrogen) atoms. The molecule has 1 saturated carbocycles. The van der Waals surface area contributed by atoms with Crippen molar-refractivity contribution in [2.75, 3.05) is 0 Å². The van der Waals surface area contributed by atoms with Gasteiger partial charge in [-0.15, -0.1) is 0 Å². The van der Waals surface area contributed by atoms with E-state index in [9.17, 15) is 13.2 Å². The number of hydrogen-bond acceptors (Lipinski definition) is 3. The smallest absolute Gasteiger partial charge is 0.252 e. The summed E-state index contributed by atoms with van der Waals surface area (Å²) in [6.07, 6.45) is 4.06. The van der Waals surface area contributed by atoms with E-state index in [4.69, 9.17) is 5.14 Å². The van der Waals surface area contributed by atoms with Gasteiger partial charge in [-0.25, -0.2) is 13.6 Å². The molecule has 1 aliphatic rings. The molecule has 0 radical (unpaired) electrons. The monoisotopic (exact) mass is 360 g/mol. The number of rotatable bonds is 3. The topological polar surface area (TPSA) is 89.3 Å². The average Bonchev–Trinajstić information content (AvgIpc) is 2.74. The van der Waals surface area contributed by atoms with Gasteiger partial charge in [0.25, 0.3) is 5.91 Å². The Kier molecular flexibility index (Phi) is 4.22. The number of nitrogens with two attached hydrogens (primary N) is 1. The van der Waals surface area contributed by atoms with Crippen molar-refractivity contribution in [1.29, 1.82) is 0 Å². The normalized spacial score (nSPS) is 17.9. The number of sulfonamides is 1. The van der Waals surface area contributed by atoms with E-state index in [-0.39, 0.29) is 21.9 Å². The summed E-state index contributed by atoms with van der Waals surface area (Å²) in [6, 6.07) is 4.19. The molecule has 0 aliphatic heterocycles. The van der Waals surface area contributed by atoms with E-state index in [1.807, 2.05) is 6.92 Å². The van der Waals surface area contributed by atoms with E-state index in [0.29, 0.717) is 4.47 Å². The Morgan fingerprint density at radius 1 is 1.35 bits per heavy atom. The highest BCUT2D eigenvalue weighted by molar-refractivity contribution is 9.10. The Morgan fingerprint density at radius 2 is 1.95 bits per heavy atom. The second-order valence-electron chi connectivity index (χ2n) is 5.41. The van der Waals surface area contributed by atoms with E-state index >= 15 is 0 Å². The lowest BCUT2D eigenvalue weighted by Crippen LogP contribution is -2.43. The zero-order chi connectivity index (χ0) is 15.0. The van der Waals surface area contributed by atoms with Crippen LogP contribution in [0.3, 0.4) is 0 Å². The lowest BCUT2D eigenvalue weighted by molar-refractivity contribution is 0.0907. The molecule has 2 rings (SSSR count). The van der Waals surface area contributed by atoms with E-state index in [1.165, 1.54) is 18.2 Å². The highest BCUT2D eigenvalue weighted by atomic mass is 79.9. The molecule has 7 heteroatoms. The Bertz CT molecular complexity index is 637. The first-order valence-electron chi connectivity index (χ1n) is 6.36. The molecule has 1 amide bonds. The second kappa shape index (κ2) is 5.46. The predicted molar refractivity (Wildman–Crippen MR) is 79.9 cm³/mol. The van der Waals surface area contributed by atoms with Crippen molar-refractivity contribution in [3.05, 3.63) is 28.2 Å². The van der Waals surface area contributed by atoms with E-state index in [0.717, 1.165) is 25.7 Å². The maximum atomic E-state index is 12.3. The van der Waals surface area contributed by atoms with Crippen LogP contribution in [0.25, 0.3) is 0 Å². The Hall–Kier alpha value is -0.920. The van der Waals surface area contributed by atoms with Crippen LogP contribution in [0.2, 0.25) is 0 Å². The summed E-state index contributed by atoms with van der Waals surface area (Å²) < 4.78 is 23.3. The molecule has 0 atom stereocenters. The molecule has 0 aromatic heterocycles. The number of halogens is 1. The van der Waals surface area contributed by atoms with Gasteiger partial charge < -0.3 is 5.32 Å². The third-order valence-electron chi connectivity index (χ3n) is 3.63. The van der Waals surface area contributed by atoms with Crippen molar-refractivity contribution in [2.24, 2.45) is 5.14 Å². The summed E-state index contributed by atoms with van der Waals surface area (Å²) in [5, 5.41) is 8.08. The number of primary sulfonamides is 1. The lowest BCUT2D eigenvalue weighted by atomic mass is 10.00. The maximum Gasteiger partial charge on any atom is 0.252 e. The summed E-state index contributed by atoms with van der Waals surface area (Å²) in [7, 11) is -3.82. The van der Waals surface area contributed by atoms with Crippen LogP contribution < -0.4 is 10.5 Å². The highest BCUT2D eigenvalue weighted by Gasteiger charge is 2.31. The minimum Gasteiger partial charge on any atom is -0.347 e. The molecule has 5 nitrogen and oxygen atoms in total. The molecular weight excluding hydrogens is 344 g/mol. The minimum absolute atomic E-state index is 0.0672.